The SMILES string of the molecule is CCC(=O)Nc1ccc(CN=C(C)C)cc1. The van der Waals surface area contributed by atoms with Gasteiger partial charge < -0.3 is 5.32 Å². The molecule has 16 heavy (non-hydrogen) atoms. The van der Waals surface area contributed by atoms with Crippen molar-refractivity contribution in [2.45, 2.75) is 33.7 Å². The van der Waals surface area contributed by atoms with Gasteiger partial charge in [0.25, 0.3) is 0 Å². The molecule has 1 N–H and O–H groups in total. The van der Waals surface area contributed by atoms with Crippen LogP contribution in [0.5, 0.6) is 0 Å². The lowest BCUT2D eigenvalue weighted by atomic mass is 10.2. The number of anilines is 1. The number of hydrogen-bond acceptors (Lipinski definition) is 2. The molecular weight excluding hydrogens is 200 g/mol. The molecule has 1 rings (SSSR count). The second kappa shape index (κ2) is 6.05. The topological polar surface area (TPSA) is 41.5 Å². The fourth-order valence-electron chi connectivity index (χ4n) is 1.19. The predicted octanol–water partition coefficient (Wildman–Crippen LogP) is 3.02. The third kappa shape index (κ3) is 4.26. The lowest BCUT2D eigenvalue weighted by Crippen LogP contribution is -2.09. The summed E-state index contributed by atoms with van der Waals surface area (Å²) < 4.78 is 0. The van der Waals surface area contributed by atoms with Crippen LogP contribution in [0.2, 0.25) is 0 Å². The van der Waals surface area contributed by atoms with E-state index in [4.69, 9.17) is 0 Å². The zero-order valence-corrected chi connectivity index (χ0v) is 10.1. The molecule has 0 radical (unpaired) electrons. The van der Waals surface area contributed by atoms with Crippen LogP contribution in [-0.2, 0) is 11.3 Å². The van der Waals surface area contributed by atoms with E-state index < -0.39 is 0 Å². The lowest BCUT2D eigenvalue weighted by Gasteiger charge is -2.04. The van der Waals surface area contributed by atoms with Crippen LogP contribution in [0.1, 0.15) is 32.8 Å². The predicted molar refractivity (Wildman–Crippen MR) is 67.8 cm³/mol. The summed E-state index contributed by atoms with van der Waals surface area (Å²) in [5, 5.41) is 2.81. The summed E-state index contributed by atoms with van der Waals surface area (Å²) in [4.78, 5) is 15.5. The molecule has 0 atom stereocenters. The third-order valence-electron chi connectivity index (χ3n) is 2.14. The van der Waals surface area contributed by atoms with Gasteiger partial charge in [0.2, 0.25) is 5.91 Å². The first-order valence-electron chi connectivity index (χ1n) is 5.48. The molecule has 0 aliphatic rings. The number of aliphatic imine (C=N–C) groups is 1. The van der Waals surface area contributed by atoms with Crippen LogP contribution < -0.4 is 5.32 Å². The van der Waals surface area contributed by atoms with E-state index >= 15 is 0 Å². The fourth-order valence-corrected chi connectivity index (χ4v) is 1.19. The molecule has 0 heterocycles. The van der Waals surface area contributed by atoms with E-state index in [2.05, 4.69) is 10.3 Å². The Balaban J connectivity index is 2.61. The van der Waals surface area contributed by atoms with E-state index in [9.17, 15) is 4.79 Å². The molecule has 0 aliphatic carbocycles. The maximum atomic E-state index is 11.1. The second-order valence-electron chi connectivity index (χ2n) is 3.86. The van der Waals surface area contributed by atoms with E-state index in [0.717, 1.165) is 17.0 Å². The maximum absolute atomic E-state index is 11.1. The summed E-state index contributed by atoms with van der Waals surface area (Å²) in [6, 6.07) is 7.78. The first-order chi connectivity index (χ1) is 7.61. The number of hydrogen-bond donors (Lipinski definition) is 1. The molecule has 0 unspecified atom stereocenters. The molecule has 0 bridgehead atoms. The Hall–Kier alpha value is -1.64. The van der Waals surface area contributed by atoms with Crippen molar-refractivity contribution < 1.29 is 4.79 Å². The van der Waals surface area contributed by atoms with Gasteiger partial charge in [-0.05, 0) is 31.5 Å². The fraction of sp³-hybridized carbons (Fsp3) is 0.385. The number of carbonyl (C=O) groups excluding carboxylic acids is 1. The van der Waals surface area contributed by atoms with Crippen LogP contribution in [0, 0.1) is 0 Å². The number of nitrogens with one attached hydrogen (secondary N) is 1. The van der Waals surface area contributed by atoms with E-state index in [-0.39, 0.29) is 5.91 Å². The largest absolute Gasteiger partial charge is 0.326 e. The van der Waals surface area contributed by atoms with Crippen LogP contribution in [0.4, 0.5) is 5.69 Å². The van der Waals surface area contributed by atoms with Crippen LogP contribution in [0.15, 0.2) is 29.3 Å². The molecule has 86 valence electrons. The molecule has 3 nitrogen and oxygen atoms in total. The highest BCUT2D eigenvalue weighted by Gasteiger charge is 1.98. The first-order valence-corrected chi connectivity index (χ1v) is 5.48. The quantitative estimate of drug-likeness (QED) is 0.775. The van der Waals surface area contributed by atoms with Gasteiger partial charge in [-0.15, -0.1) is 0 Å². The van der Waals surface area contributed by atoms with Gasteiger partial charge >= 0.3 is 0 Å². The molecular formula is C13H18N2O. The first kappa shape index (κ1) is 12.4. The van der Waals surface area contributed by atoms with Crippen LogP contribution in [0.25, 0.3) is 0 Å². The van der Waals surface area contributed by atoms with Crippen molar-refractivity contribution in [3.05, 3.63) is 29.8 Å². The zero-order chi connectivity index (χ0) is 12.0. The molecule has 3 heteroatoms. The Kier molecular flexibility index (Phi) is 4.70. The van der Waals surface area contributed by atoms with Crippen LogP contribution >= 0.6 is 0 Å². The highest BCUT2D eigenvalue weighted by Crippen LogP contribution is 2.10. The Labute approximate surface area is 96.6 Å². The third-order valence-corrected chi connectivity index (χ3v) is 2.14. The summed E-state index contributed by atoms with van der Waals surface area (Å²) in [5.41, 5.74) is 3.06. The van der Waals surface area contributed by atoms with Gasteiger partial charge in [0.05, 0.1) is 6.54 Å². The van der Waals surface area contributed by atoms with E-state index in [1.807, 2.05) is 45.0 Å². The number of benzene rings is 1. The van der Waals surface area contributed by atoms with Gasteiger partial charge in [-0.3, -0.25) is 9.79 Å². The van der Waals surface area contributed by atoms with Gasteiger partial charge in [-0.25, -0.2) is 0 Å². The zero-order valence-electron chi connectivity index (χ0n) is 10.1. The molecule has 1 aromatic rings. The van der Waals surface area contributed by atoms with E-state index in [1.165, 1.54) is 0 Å². The number of rotatable bonds is 4. The smallest absolute Gasteiger partial charge is 0.224 e. The van der Waals surface area contributed by atoms with Gasteiger partial charge in [0.15, 0.2) is 0 Å². The summed E-state index contributed by atoms with van der Waals surface area (Å²) >= 11 is 0. The highest BCUT2D eigenvalue weighted by atomic mass is 16.1. The van der Waals surface area contributed by atoms with Crippen molar-refractivity contribution in [2.75, 3.05) is 5.32 Å². The van der Waals surface area contributed by atoms with Crippen molar-refractivity contribution >= 4 is 17.3 Å². The maximum Gasteiger partial charge on any atom is 0.224 e. The Morgan fingerprint density at radius 3 is 2.38 bits per heavy atom. The summed E-state index contributed by atoms with van der Waals surface area (Å²) in [6.07, 6.45) is 0.501. The summed E-state index contributed by atoms with van der Waals surface area (Å²) in [7, 11) is 0. The van der Waals surface area contributed by atoms with E-state index in [1.54, 1.807) is 0 Å². The van der Waals surface area contributed by atoms with Gasteiger partial charge in [-0.2, -0.15) is 0 Å². The second-order valence-corrected chi connectivity index (χ2v) is 3.86. The van der Waals surface area contributed by atoms with Crippen LogP contribution in [-0.4, -0.2) is 11.6 Å². The van der Waals surface area contributed by atoms with Crippen LogP contribution in [0.3, 0.4) is 0 Å². The Morgan fingerprint density at radius 1 is 1.25 bits per heavy atom. The molecule has 0 aliphatic heterocycles. The minimum absolute atomic E-state index is 0.0372. The standard InChI is InChI=1S/C13H18N2O/c1-4-13(16)15-12-7-5-11(6-8-12)9-14-10(2)3/h5-8H,4,9H2,1-3H3,(H,15,16). The van der Waals surface area contributed by atoms with Crippen molar-refractivity contribution in [2.24, 2.45) is 4.99 Å². The van der Waals surface area contributed by atoms with Gasteiger partial charge in [0, 0.05) is 17.8 Å². The number of nitrogens with zero attached hydrogens (tertiary/aromatic N) is 1. The van der Waals surface area contributed by atoms with Crippen molar-refractivity contribution in [1.29, 1.82) is 0 Å². The number of carbonyl (C=O) groups is 1. The lowest BCUT2D eigenvalue weighted by molar-refractivity contribution is -0.115. The Morgan fingerprint density at radius 2 is 1.88 bits per heavy atom. The van der Waals surface area contributed by atoms with Gasteiger partial charge in [-0.1, -0.05) is 19.1 Å². The molecule has 0 aromatic heterocycles. The normalized spacial score (nSPS) is 9.69. The Bertz CT molecular complexity index is 375. The van der Waals surface area contributed by atoms with Gasteiger partial charge in [0.1, 0.15) is 0 Å². The average molecular weight is 218 g/mol. The van der Waals surface area contributed by atoms with Crippen molar-refractivity contribution in [3.8, 4) is 0 Å². The minimum atomic E-state index is 0.0372. The highest BCUT2D eigenvalue weighted by molar-refractivity contribution is 5.90. The monoisotopic (exact) mass is 218 g/mol. The van der Waals surface area contributed by atoms with Crippen molar-refractivity contribution in [1.82, 2.24) is 0 Å². The molecule has 1 aromatic carbocycles. The number of amides is 1. The van der Waals surface area contributed by atoms with Crippen molar-refractivity contribution in [3.63, 3.8) is 0 Å². The minimum Gasteiger partial charge on any atom is -0.326 e. The van der Waals surface area contributed by atoms with E-state index in [0.29, 0.717) is 13.0 Å². The molecule has 1 amide bonds. The molecule has 0 saturated heterocycles. The average Bonchev–Trinajstić information content (AvgIpc) is 2.28. The summed E-state index contributed by atoms with van der Waals surface area (Å²) in [6.45, 7) is 6.50. The molecule has 0 fully saturated rings. The molecule has 0 saturated carbocycles. The molecule has 0 spiro atoms. The summed E-state index contributed by atoms with van der Waals surface area (Å²) in [5.74, 6) is 0.0372.